The smallest absolute Gasteiger partial charge is 0.231 e. The minimum atomic E-state index is -0.424. The highest BCUT2D eigenvalue weighted by molar-refractivity contribution is 5.98. The molecule has 4 nitrogen and oxygen atoms in total. The van der Waals surface area contributed by atoms with E-state index in [2.05, 4.69) is 5.32 Å². The second-order valence-electron chi connectivity index (χ2n) is 5.28. The second-order valence-corrected chi connectivity index (χ2v) is 5.28. The van der Waals surface area contributed by atoms with Gasteiger partial charge in [-0.25, -0.2) is 0 Å². The Bertz CT molecular complexity index is 491. The number of benzene rings is 1. The highest BCUT2D eigenvalue weighted by Crippen LogP contribution is 2.38. The Morgan fingerprint density at radius 1 is 1.32 bits per heavy atom. The normalized spacial score (nSPS) is 17.2. The molecule has 19 heavy (non-hydrogen) atoms. The summed E-state index contributed by atoms with van der Waals surface area (Å²) in [4.78, 5) is 23.7. The lowest BCUT2D eigenvalue weighted by atomic mass is 9.85. The van der Waals surface area contributed by atoms with Crippen molar-refractivity contribution in [3.63, 3.8) is 0 Å². The maximum atomic E-state index is 12.4. The molecule has 1 aliphatic rings. The molecule has 0 aromatic heterocycles. The molecule has 1 aliphatic carbocycles. The Morgan fingerprint density at radius 2 is 2.00 bits per heavy atom. The molecule has 0 bridgehead atoms. The number of carbonyl (C=O) groups is 2. The summed E-state index contributed by atoms with van der Waals surface area (Å²) in [6, 6.07) is 7.02. The first-order chi connectivity index (χ1) is 9.07. The zero-order valence-electron chi connectivity index (χ0n) is 11.2. The first kappa shape index (κ1) is 13.7. The highest BCUT2D eigenvalue weighted by atomic mass is 16.2. The Kier molecular flexibility index (Phi) is 4.00. The molecule has 1 aromatic carbocycles. The van der Waals surface area contributed by atoms with E-state index in [1.165, 1.54) is 6.92 Å². The van der Waals surface area contributed by atoms with Crippen LogP contribution >= 0.6 is 0 Å². The summed E-state index contributed by atoms with van der Waals surface area (Å²) in [5, 5.41) is 2.90. The maximum absolute atomic E-state index is 12.4. The molecular weight excluding hydrogens is 240 g/mol. The SMILES string of the molecule is CC(=O)c1cccc(NC(=O)C2(CN)CCCC2)c1. The van der Waals surface area contributed by atoms with Gasteiger partial charge in [-0.15, -0.1) is 0 Å². The highest BCUT2D eigenvalue weighted by Gasteiger charge is 2.39. The molecule has 0 radical (unpaired) electrons. The standard InChI is InChI=1S/C15H20N2O2/c1-11(18)12-5-4-6-13(9-12)17-14(19)15(10-16)7-2-3-8-15/h4-6,9H,2-3,7-8,10,16H2,1H3,(H,17,19). The van der Waals surface area contributed by atoms with Gasteiger partial charge >= 0.3 is 0 Å². The van der Waals surface area contributed by atoms with Crippen molar-refractivity contribution in [1.82, 2.24) is 0 Å². The fourth-order valence-electron chi connectivity index (χ4n) is 2.66. The van der Waals surface area contributed by atoms with Crippen LogP contribution < -0.4 is 11.1 Å². The van der Waals surface area contributed by atoms with Crippen LogP contribution in [-0.2, 0) is 4.79 Å². The number of Topliss-reactive ketones (excluding diaryl/α,β-unsaturated/α-hetero) is 1. The largest absolute Gasteiger partial charge is 0.329 e. The summed E-state index contributed by atoms with van der Waals surface area (Å²) in [5.74, 6) is -0.0290. The van der Waals surface area contributed by atoms with Crippen molar-refractivity contribution in [2.24, 2.45) is 11.1 Å². The van der Waals surface area contributed by atoms with E-state index < -0.39 is 5.41 Å². The average Bonchev–Trinajstić information content (AvgIpc) is 2.89. The van der Waals surface area contributed by atoms with Crippen molar-refractivity contribution in [2.75, 3.05) is 11.9 Å². The summed E-state index contributed by atoms with van der Waals surface area (Å²) in [6.45, 7) is 1.89. The van der Waals surface area contributed by atoms with Gasteiger partial charge in [-0.1, -0.05) is 25.0 Å². The minimum absolute atomic E-state index is 0.00879. The second kappa shape index (κ2) is 5.53. The maximum Gasteiger partial charge on any atom is 0.231 e. The van der Waals surface area contributed by atoms with Gasteiger partial charge in [0.2, 0.25) is 5.91 Å². The summed E-state index contributed by atoms with van der Waals surface area (Å²) in [6.07, 6.45) is 3.81. The number of nitrogens with two attached hydrogens (primary N) is 1. The van der Waals surface area contributed by atoms with E-state index in [0.717, 1.165) is 25.7 Å². The van der Waals surface area contributed by atoms with Crippen molar-refractivity contribution in [3.8, 4) is 0 Å². The molecular formula is C15H20N2O2. The van der Waals surface area contributed by atoms with Crippen LogP contribution in [0.2, 0.25) is 0 Å². The van der Waals surface area contributed by atoms with Crippen LogP contribution in [0.5, 0.6) is 0 Å². The van der Waals surface area contributed by atoms with E-state index in [-0.39, 0.29) is 11.7 Å². The van der Waals surface area contributed by atoms with E-state index in [1.807, 2.05) is 0 Å². The first-order valence-electron chi connectivity index (χ1n) is 6.70. The van der Waals surface area contributed by atoms with E-state index in [0.29, 0.717) is 17.8 Å². The van der Waals surface area contributed by atoms with Gasteiger partial charge in [0.15, 0.2) is 5.78 Å². The number of ketones is 1. The number of hydrogen-bond donors (Lipinski definition) is 2. The van der Waals surface area contributed by atoms with Crippen molar-refractivity contribution < 1.29 is 9.59 Å². The first-order valence-corrected chi connectivity index (χ1v) is 6.70. The van der Waals surface area contributed by atoms with Crippen molar-refractivity contribution in [3.05, 3.63) is 29.8 Å². The summed E-state index contributed by atoms with van der Waals surface area (Å²) >= 11 is 0. The fraction of sp³-hybridized carbons (Fsp3) is 0.467. The van der Waals surface area contributed by atoms with Gasteiger partial charge in [0.25, 0.3) is 0 Å². The molecule has 0 atom stereocenters. The van der Waals surface area contributed by atoms with Gasteiger partial charge in [0, 0.05) is 17.8 Å². The summed E-state index contributed by atoms with van der Waals surface area (Å²) in [7, 11) is 0. The van der Waals surface area contributed by atoms with E-state index in [9.17, 15) is 9.59 Å². The lowest BCUT2D eigenvalue weighted by molar-refractivity contribution is -0.124. The van der Waals surface area contributed by atoms with Crippen molar-refractivity contribution in [2.45, 2.75) is 32.6 Å². The number of nitrogens with one attached hydrogen (secondary N) is 1. The molecule has 1 amide bonds. The zero-order chi connectivity index (χ0) is 13.9. The van der Waals surface area contributed by atoms with Gasteiger partial charge in [-0.3, -0.25) is 9.59 Å². The molecule has 0 saturated heterocycles. The fourth-order valence-corrected chi connectivity index (χ4v) is 2.66. The van der Waals surface area contributed by atoms with Crippen LogP contribution in [-0.4, -0.2) is 18.2 Å². The third-order valence-corrected chi connectivity index (χ3v) is 3.96. The topological polar surface area (TPSA) is 72.2 Å². The molecule has 0 aliphatic heterocycles. The van der Waals surface area contributed by atoms with Gasteiger partial charge < -0.3 is 11.1 Å². The van der Waals surface area contributed by atoms with E-state index >= 15 is 0 Å². The molecule has 102 valence electrons. The van der Waals surface area contributed by atoms with Crippen LogP contribution in [0.25, 0.3) is 0 Å². The lowest BCUT2D eigenvalue weighted by Crippen LogP contribution is -2.40. The minimum Gasteiger partial charge on any atom is -0.329 e. The van der Waals surface area contributed by atoms with Crippen LogP contribution in [0.15, 0.2) is 24.3 Å². The number of amides is 1. The number of rotatable bonds is 4. The van der Waals surface area contributed by atoms with Gasteiger partial charge in [0.1, 0.15) is 0 Å². The quantitative estimate of drug-likeness (QED) is 0.816. The molecule has 2 rings (SSSR count). The van der Waals surface area contributed by atoms with Gasteiger partial charge in [-0.2, -0.15) is 0 Å². The molecule has 0 heterocycles. The molecule has 1 saturated carbocycles. The summed E-state index contributed by atoms with van der Waals surface area (Å²) < 4.78 is 0. The average molecular weight is 260 g/mol. The lowest BCUT2D eigenvalue weighted by Gasteiger charge is -2.25. The molecule has 1 fully saturated rings. The molecule has 4 heteroatoms. The monoisotopic (exact) mass is 260 g/mol. The Hall–Kier alpha value is -1.68. The van der Waals surface area contributed by atoms with E-state index in [4.69, 9.17) is 5.73 Å². The Labute approximate surface area is 113 Å². The molecule has 0 unspecified atom stereocenters. The van der Waals surface area contributed by atoms with Crippen LogP contribution in [0, 0.1) is 5.41 Å². The molecule has 0 spiro atoms. The van der Waals surface area contributed by atoms with Crippen LogP contribution in [0.1, 0.15) is 43.0 Å². The van der Waals surface area contributed by atoms with Crippen molar-refractivity contribution in [1.29, 1.82) is 0 Å². The van der Waals surface area contributed by atoms with Crippen LogP contribution in [0.4, 0.5) is 5.69 Å². The Balaban J connectivity index is 2.14. The number of hydrogen-bond acceptors (Lipinski definition) is 3. The predicted molar refractivity (Wildman–Crippen MR) is 75.0 cm³/mol. The number of anilines is 1. The van der Waals surface area contributed by atoms with Crippen LogP contribution in [0.3, 0.4) is 0 Å². The summed E-state index contributed by atoms with van der Waals surface area (Å²) in [5.41, 5.74) is 6.63. The Morgan fingerprint density at radius 3 is 2.58 bits per heavy atom. The third-order valence-electron chi connectivity index (χ3n) is 3.96. The molecule has 1 aromatic rings. The third kappa shape index (κ3) is 2.84. The van der Waals surface area contributed by atoms with Crippen molar-refractivity contribution >= 4 is 17.4 Å². The molecule has 3 N–H and O–H groups in total. The van der Waals surface area contributed by atoms with Gasteiger partial charge in [-0.05, 0) is 31.9 Å². The van der Waals surface area contributed by atoms with Gasteiger partial charge in [0.05, 0.1) is 5.41 Å². The zero-order valence-corrected chi connectivity index (χ0v) is 11.2. The predicted octanol–water partition coefficient (Wildman–Crippen LogP) is 2.35. The van der Waals surface area contributed by atoms with E-state index in [1.54, 1.807) is 24.3 Å². The number of carbonyl (C=O) groups excluding carboxylic acids is 2.